The number of ether oxygens (including phenoxy) is 1. The van der Waals surface area contributed by atoms with Gasteiger partial charge in [0.05, 0.1) is 42.8 Å². The number of aliphatic hydroxyl groups excluding tert-OH is 1. The summed E-state index contributed by atoms with van der Waals surface area (Å²) in [5.41, 5.74) is 1.36. The number of imidazole rings is 1. The Balaban J connectivity index is 1.83. The average molecular weight is 482 g/mol. The van der Waals surface area contributed by atoms with Crippen LogP contribution in [0.4, 0.5) is 13.6 Å². The van der Waals surface area contributed by atoms with Crippen LogP contribution in [-0.4, -0.2) is 56.4 Å². The van der Waals surface area contributed by atoms with Crippen LogP contribution in [0.5, 0.6) is 0 Å². The van der Waals surface area contributed by atoms with Crippen molar-refractivity contribution < 1.29 is 28.5 Å². The number of nitrogens with zero attached hydrogens (tertiary/aromatic N) is 3. The number of aliphatic hydroxyl groups is 1. The van der Waals surface area contributed by atoms with Gasteiger partial charge in [-0.1, -0.05) is 15.9 Å². The number of pyridine rings is 1. The highest BCUT2D eigenvalue weighted by Gasteiger charge is 2.28. The Morgan fingerprint density at radius 2 is 2.03 bits per heavy atom. The normalized spacial score (nSPS) is 16.9. The minimum Gasteiger partial charge on any atom is -0.465 e. The van der Waals surface area contributed by atoms with E-state index >= 15 is 0 Å². The summed E-state index contributed by atoms with van der Waals surface area (Å²) < 4.78 is 37.1. The molecule has 1 fully saturated rings. The summed E-state index contributed by atoms with van der Waals surface area (Å²) in [5.74, 6) is -1.55. The molecule has 30 heavy (non-hydrogen) atoms. The average Bonchev–Trinajstić information content (AvgIpc) is 3.04. The van der Waals surface area contributed by atoms with Gasteiger partial charge in [0.1, 0.15) is 17.3 Å². The molecule has 10 heteroatoms. The molecule has 0 spiro atoms. The molecule has 3 heterocycles. The molecule has 0 radical (unpaired) electrons. The molecule has 7 nitrogen and oxygen atoms in total. The van der Waals surface area contributed by atoms with Crippen LogP contribution in [0, 0.1) is 11.6 Å². The van der Waals surface area contributed by atoms with E-state index in [1.165, 1.54) is 4.90 Å². The van der Waals surface area contributed by atoms with E-state index in [0.717, 1.165) is 12.1 Å². The van der Waals surface area contributed by atoms with Crippen LogP contribution in [0.1, 0.15) is 11.3 Å². The minimum atomic E-state index is -1.04. The van der Waals surface area contributed by atoms with E-state index in [0.29, 0.717) is 16.9 Å². The maximum atomic E-state index is 14.7. The number of halogens is 3. The first-order valence-corrected chi connectivity index (χ1v) is 10.0. The highest BCUT2D eigenvalue weighted by molar-refractivity contribution is 9.10. The number of fused-ring (bicyclic) bond motifs is 1. The molecule has 1 saturated heterocycles. The molecule has 0 bridgehead atoms. The fourth-order valence-electron chi connectivity index (χ4n) is 3.63. The van der Waals surface area contributed by atoms with E-state index in [-0.39, 0.29) is 48.5 Å². The van der Waals surface area contributed by atoms with Crippen molar-refractivity contribution in [1.29, 1.82) is 0 Å². The summed E-state index contributed by atoms with van der Waals surface area (Å²) in [4.78, 5) is 17.0. The Labute approximate surface area is 178 Å². The molecule has 2 aromatic heterocycles. The number of carboxylic acid groups (broad SMARTS) is 1. The maximum absolute atomic E-state index is 14.7. The molecule has 1 aliphatic rings. The van der Waals surface area contributed by atoms with Crippen LogP contribution in [0.25, 0.3) is 16.9 Å². The largest absolute Gasteiger partial charge is 0.465 e. The molecular weight excluding hydrogens is 464 g/mol. The Kier molecular flexibility index (Phi) is 5.72. The fraction of sp³-hybridized carbons (Fsp3) is 0.300. The van der Waals surface area contributed by atoms with E-state index in [1.54, 1.807) is 22.7 Å². The van der Waals surface area contributed by atoms with Gasteiger partial charge in [-0.25, -0.2) is 18.6 Å². The monoisotopic (exact) mass is 481 g/mol. The third kappa shape index (κ3) is 3.90. The van der Waals surface area contributed by atoms with Crippen LogP contribution >= 0.6 is 15.9 Å². The lowest BCUT2D eigenvalue weighted by Crippen LogP contribution is -2.45. The third-order valence-electron chi connectivity index (χ3n) is 5.05. The molecule has 4 rings (SSSR count). The van der Waals surface area contributed by atoms with Crippen LogP contribution in [0.2, 0.25) is 0 Å². The molecule has 1 aliphatic heterocycles. The first-order valence-electron chi connectivity index (χ1n) is 9.22. The van der Waals surface area contributed by atoms with E-state index in [1.807, 2.05) is 0 Å². The molecule has 1 aromatic carbocycles. The minimum absolute atomic E-state index is 0.114. The number of benzene rings is 1. The quantitative estimate of drug-likeness (QED) is 0.595. The van der Waals surface area contributed by atoms with Gasteiger partial charge in [-0.2, -0.15) is 0 Å². The second kappa shape index (κ2) is 8.29. The number of aromatic nitrogens is 2. The molecule has 0 saturated carbocycles. The first-order chi connectivity index (χ1) is 14.4. The number of amides is 1. The van der Waals surface area contributed by atoms with Crippen molar-refractivity contribution >= 4 is 27.7 Å². The zero-order valence-corrected chi connectivity index (χ0v) is 17.3. The number of hydrogen-bond donors (Lipinski definition) is 2. The summed E-state index contributed by atoms with van der Waals surface area (Å²) >= 11 is 3.08. The molecule has 3 aromatic rings. The van der Waals surface area contributed by atoms with Gasteiger partial charge in [-0.15, -0.1) is 0 Å². The zero-order valence-electron chi connectivity index (χ0n) is 15.7. The smallest absolute Gasteiger partial charge is 0.407 e. The second-order valence-corrected chi connectivity index (χ2v) is 7.91. The summed E-state index contributed by atoms with van der Waals surface area (Å²) in [6.45, 7) is 0.441. The van der Waals surface area contributed by atoms with Gasteiger partial charge >= 0.3 is 6.09 Å². The molecule has 0 aliphatic carbocycles. The van der Waals surface area contributed by atoms with Crippen molar-refractivity contribution in [2.75, 3.05) is 19.7 Å². The van der Waals surface area contributed by atoms with Crippen LogP contribution in [-0.2, 0) is 17.8 Å². The number of carbonyl (C=O) groups is 1. The van der Waals surface area contributed by atoms with Gasteiger partial charge in [0.15, 0.2) is 0 Å². The lowest BCUT2D eigenvalue weighted by Gasteiger charge is -2.31. The van der Waals surface area contributed by atoms with Gasteiger partial charge in [-0.05, 0) is 29.8 Å². The van der Waals surface area contributed by atoms with Crippen LogP contribution in [0.15, 0.2) is 34.9 Å². The Morgan fingerprint density at radius 3 is 2.70 bits per heavy atom. The maximum Gasteiger partial charge on any atom is 0.407 e. The summed E-state index contributed by atoms with van der Waals surface area (Å²) in [7, 11) is 0. The Hall–Kier alpha value is -2.56. The lowest BCUT2D eigenvalue weighted by atomic mass is 10.0. The van der Waals surface area contributed by atoms with Gasteiger partial charge in [0, 0.05) is 23.6 Å². The van der Waals surface area contributed by atoms with E-state index < -0.39 is 23.8 Å². The topological polar surface area (TPSA) is 87.3 Å². The van der Waals surface area contributed by atoms with Crippen LogP contribution in [0.3, 0.4) is 0 Å². The molecule has 158 valence electrons. The third-order valence-corrected chi connectivity index (χ3v) is 5.50. The van der Waals surface area contributed by atoms with E-state index in [4.69, 9.17) is 4.74 Å². The zero-order chi connectivity index (χ0) is 21.4. The summed E-state index contributed by atoms with van der Waals surface area (Å²) in [5, 5.41) is 18.7. The molecule has 1 amide bonds. The van der Waals surface area contributed by atoms with E-state index in [2.05, 4.69) is 20.9 Å². The lowest BCUT2D eigenvalue weighted by molar-refractivity contribution is -0.0214. The van der Waals surface area contributed by atoms with Gasteiger partial charge in [-0.3, -0.25) is 0 Å². The summed E-state index contributed by atoms with van der Waals surface area (Å²) in [6, 6.07) is 5.64. The van der Waals surface area contributed by atoms with Gasteiger partial charge in [0.25, 0.3) is 0 Å². The van der Waals surface area contributed by atoms with Crippen molar-refractivity contribution in [2.45, 2.75) is 19.1 Å². The molecule has 1 atom stereocenters. The molecule has 1 unspecified atom stereocenters. The second-order valence-electron chi connectivity index (χ2n) is 7.00. The number of rotatable bonds is 4. The van der Waals surface area contributed by atoms with Gasteiger partial charge in [0.2, 0.25) is 0 Å². The predicted octanol–water partition coefficient (Wildman–Crippen LogP) is 3.46. The highest BCUT2D eigenvalue weighted by Crippen LogP contribution is 2.33. The van der Waals surface area contributed by atoms with Crippen molar-refractivity contribution in [3.8, 4) is 11.3 Å². The Morgan fingerprint density at radius 1 is 1.30 bits per heavy atom. The van der Waals surface area contributed by atoms with Crippen molar-refractivity contribution in [3.63, 3.8) is 0 Å². The highest BCUT2D eigenvalue weighted by atomic mass is 79.9. The predicted molar refractivity (Wildman–Crippen MR) is 107 cm³/mol. The van der Waals surface area contributed by atoms with E-state index in [9.17, 15) is 23.8 Å². The Bertz CT molecular complexity index is 1100. The van der Waals surface area contributed by atoms with Gasteiger partial charge < -0.3 is 24.3 Å². The number of hydrogen-bond acceptors (Lipinski definition) is 4. The molecule has 2 N–H and O–H groups in total. The van der Waals surface area contributed by atoms with Crippen LogP contribution < -0.4 is 0 Å². The first kappa shape index (κ1) is 20.7. The fourth-order valence-corrected chi connectivity index (χ4v) is 4.03. The van der Waals surface area contributed by atoms with Crippen molar-refractivity contribution in [3.05, 3.63) is 57.8 Å². The van der Waals surface area contributed by atoms with Crippen molar-refractivity contribution in [2.24, 2.45) is 0 Å². The summed E-state index contributed by atoms with van der Waals surface area (Å²) in [6.07, 6.45) is 0.333. The SMILES string of the molecule is O=C(O)N1CCOC(Cc2c(-c3c(F)cc(Br)cc3F)nc3cc(CO)ccn23)C1. The van der Waals surface area contributed by atoms with Crippen molar-refractivity contribution in [1.82, 2.24) is 14.3 Å². The standard InChI is InChI=1S/C20H18BrF2N3O4/c21-12-6-14(22)18(15(23)7-12)19-16(8-13-9-25(20(28)29)3-4-30-13)26-2-1-11(10-27)5-17(26)24-19/h1-2,5-7,13,27H,3-4,8-10H2,(H,28,29). The molecular formula is C20H18BrF2N3O4. The number of morpholine rings is 1.